The van der Waals surface area contributed by atoms with Crippen molar-refractivity contribution in [3.05, 3.63) is 30.9 Å². The van der Waals surface area contributed by atoms with Crippen LogP contribution in [0.25, 0.3) is 0 Å². The molecule has 0 heterocycles. The van der Waals surface area contributed by atoms with Gasteiger partial charge >= 0.3 is 0 Å². The Hall–Kier alpha value is 0.350. The molecule has 0 saturated heterocycles. The predicted molar refractivity (Wildman–Crippen MR) is 56.7 cm³/mol. The first-order valence-corrected chi connectivity index (χ1v) is 4.73. The summed E-state index contributed by atoms with van der Waals surface area (Å²) >= 11 is 4.41. The topological polar surface area (TPSA) is 17.1 Å². The lowest BCUT2D eigenvalue weighted by Gasteiger charge is -1.94. The van der Waals surface area contributed by atoms with Gasteiger partial charge in [-0.2, -0.15) is 0 Å². The van der Waals surface area contributed by atoms with Gasteiger partial charge in [-0.3, -0.25) is 4.79 Å². The van der Waals surface area contributed by atoms with Crippen LogP contribution in [0, 0.1) is 7.14 Å². The van der Waals surface area contributed by atoms with E-state index in [0.29, 0.717) is 5.56 Å². The van der Waals surface area contributed by atoms with Gasteiger partial charge < -0.3 is 0 Å². The number of halogens is 2. The summed E-state index contributed by atoms with van der Waals surface area (Å²) in [6, 6.07) is 5.48. The Morgan fingerprint density at radius 1 is 1.20 bits per heavy atom. The van der Waals surface area contributed by atoms with Crippen LogP contribution >= 0.6 is 45.2 Å². The summed E-state index contributed by atoms with van der Waals surface area (Å²) in [6.07, 6.45) is 1.84. The summed E-state index contributed by atoms with van der Waals surface area (Å²) in [4.78, 5) is 10.1. The second kappa shape index (κ2) is 3.66. The molecule has 0 aliphatic rings. The second-order valence-electron chi connectivity index (χ2n) is 1.73. The second-order valence-corrected chi connectivity index (χ2v) is 4.06. The van der Waals surface area contributed by atoms with E-state index < -0.39 is 0 Å². The quantitative estimate of drug-likeness (QED) is 0.706. The minimum absolute atomic E-state index is 0.616. The maximum Gasteiger partial charge on any atom is 0.233 e. The van der Waals surface area contributed by atoms with Crippen LogP contribution in [-0.4, -0.2) is 6.29 Å². The standard InChI is InChI=1S/C7H3I2O/c8-6-2-1-5(4-10)3-7(6)9/h1-3H. The van der Waals surface area contributed by atoms with Gasteiger partial charge in [-0.1, -0.05) is 0 Å². The number of benzene rings is 1. The van der Waals surface area contributed by atoms with E-state index in [-0.39, 0.29) is 0 Å². The third-order valence-corrected chi connectivity index (χ3v) is 3.90. The lowest BCUT2D eigenvalue weighted by Crippen LogP contribution is -1.83. The van der Waals surface area contributed by atoms with E-state index in [2.05, 4.69) is 45.2 Å². The minimum Gasteiger partial charge on any atom is -0.285 e. The van der Waals surface area contributed by atoms with Crippen LogP contribution < -0.4 is 0 Å². The first-order chi connectivity index (χ1) is 4.74. The van der Waals surface area contributed by atoms with Crippen molar-refractivity contribution >= 4 is 51.5 Å². The number of carbonyl (C=O) groups excluding carboxylic acids is 1. The molecule has 0 aliphatic heterocycles. The monoisotopic (exact) mass is 357 g/mol. The van der Waals surface area contributed by atoms with Crippen LogP contribution in [0.3, 0.4) is 0 Å². The molecule has 1 nitrogen and oxygen atoms in total. The van der Waals surface area contributed by atoms with Gasteiger partial charge in [0.2, 0.25) is 6.29 Å². The summed E-state index contributed by atoms with van der Waals surface area (Å²) in [5.41, 5.74) is 0.616. The molecular weight excluding hydrogens is 354 g/mol. The number of hydrogen-bond acceptors (Lipinski definition) is 1. The molecule has 0 fully saturated rings. The third-order valence-electron chi connectivity index (χ3n) is 1.04. The molecule has 1 aromatic rings. The molecule has 10 heavy (non-hydrogen) atoms. The normalized spacial score (nSPS) is 9.40. The maximum atomic E-state index is 10.1. The van der Waals surface area contributed by atoms with Gasteiger partial charge in [-0.15, -0.1) is 0 Å². The fourth-order valence-corrected chi connectivity index (χ4v) is 1.41. The maximum absolute atomic E-state index is 10.1. The average molecular weight is 357 g/mol. The Morgan fingerprint density at radius 2 is 1.90 bits per heavy atom. The lowest BCUT2D eigenvalue weighted by molar-refractivity contribution is 0.562. The zero-order valence-corrected chi connectivity index (χ0v) is 9.21. The Bertz CT molecular complexity index is 258. The van der Waals surface area contributed by atoms with Crippen molar-refractivity contribution in [2.75, 3.05) is 0 Å². The molecular formula is C7H3I2O. The van der Waals surface area contributed by atoms with Gasteiger partial charge in [0.15, 0.2) is 0 Å². The molecule has 0 aliphatic carbocycles. The van der Waals surface area contributed by atoms with Crippen LogP contribution in [0.4, 0.5) is 0 Å². The zero-order chi connectivity index (χ0) is 7.56. The molecule has 0 saturated carbocycles. The SMILES string of the molecule is O=[C]c1ccc(I)c(I)c1. The highest BCUT2D eigenvalue weighted by molar-refractivity contribution is 14.1. The average Bonchev–Trinajstić information content (AvgIpc) is 1.95. The highest BCUT2D eigenvalue weighted by Crippen LogP contribution is 2.15. The van der Waals surface area contributed by atoms with Crippen molar-refractivity contribution in [3.8, 4) is 0 Å². The predicted octanol–water partition coefficient (Wildman–Crippen LogP) is 2.35. The summed E-state index contributed by atoms with van der Waals surface area (Å²) in [7, 11) is 0. The van der Waals surface area contributed by atoms with E-state index in [4.69, 9.17) is 0 Å². The highest BCUT2D eigenvalue weighted by Gasteiger charge is 1.96. The highest BCUT2D eigenvalue weighted by atomic mass is 127. The molecule has 3 heteroatoms. The molecule has 0 aromatic heterocycles. The van der Waals surface area contributed by atoms with E-state index in [9.17, 15) is 4.79 Å². The molecule has 0 amide bonds. The molecule has 1 aromatic carbocycles. The van der Waals surface area contributed by atoms with E-state index in [1.807, 2.05) is 18.4 Å². The Kier molecular flexibility index (Phi) is 3.09. The third kappa shape index (κ3) is 1.91. The Balaban J connectivity index is 3.16. The molecule has 51 valence electrons. The first kappa shape index (κ1) is 8.45. The van der Waals surface area contributed by atoms with Gasteiger partial charge in [0.1, 0.15) is 0 Å². The van der Waals surface area contributed by atoms with Gasteiger partial charge in [-0.25, -0.2) is 0 Å². The summed E-state index contributed by atoms with van der Waals surface area (Å²) in [6.45, 7) is 0. The summed E-state index contributed by atoms with van der Waals surface area (Å²) in [5.74, 6) is 0. The van der Waals surface area contributed by atoms with Gasteiger partial charge in [-0.05, 0) is 63.4 Å². The first-order valence-electron chi connectivity index (χ1n) is 2.57. The van der Waals surface area contributed by atoms with Crippen LogP contribution in [0.15, 0.2) is 18.2 Å². The molecule has 0 spiro atoms. The van der Waals surface area contributed by atoms with Crippen LogP contribution in [-0.2, 0) is 4.79 Å². The fourth-order valence-electron chi connectivity index (χ4n) is 0.560. The van der Waals surface area contributed by atoms with Gasteiger partial charge in [0.05, 0.1) is 0 Å². The minimum atomic E-state index is 0.616. The van der Waals surface area contributed by atoms with E-state index in [1.54, 1.807) is 6.07 Å². The van der Waals surface area contributed by atoms with Crippen molar-refractivity contribution in [1.29, 1.82) is 0 Å². The van der Waals surface area contributed by atoms with Crippen molar-refractivity contribution in [3.63, 3.8) is 0 Å². The number of hydrogen-bond donors (Lipinski definition) is 0. The van der Waals surface area contributed by atoms with E-state index in [0.717, 1.165) is 7.14 Å². The van der Waals surface area contributed by atoms with Crippen LogP contribution in [0.2, 0.25) is 0 Å². The van der Waals surface area contributed by atoms with Crippen LogP contribution in [0.1, 0.15) is 5.56 Å². The largest absolute Gasteiger partial charge is 0.285 e. The van der Waals surface area contributed by atoms with Crippen molar-refractivity contribution in [1.82, 2.24) is 0 Å². The lowest BCUT2D eigenvalue weighted by atomic mass is 10.2. The van der Waals surface area contributed by atoms with E-state index >= 15 is 0 Å². The zero-order valence-electron chi connectivity index (χ0n) is 4.90. The van der Waals surface area contributed by atoms with Crippen molar-refractivity contribution < 1.29 is 4.79 Å². The Morgan fingerprint density at radius 3 is 2.40 bits per heavy atom. The van der Waals surface area contributed by atoms with Crippen molar-refractivity contribution in [2.24, 2.45) is 0 Å². The summed E-state index contributed by atoms with van der Waals surface area (Å²) in [5, 5.41) is 0. The number of rotatable bonds is 1. The molecule has 1 rings (SSSR count). The van der Waals surface area contributed by atoms with E-state index in [1.165, 1.54) is 0 Å². The summed E-state index contributed by atoms with van der Waals surface area (Å²) < 4.78 is 2.26. The van der Waals surface area contributed by atoms with Crippen molar-refractivity contribution in [2.45, 2.75) is 0 Å². The van der Waals surface area contributed by atoms with Crippen LogP contribution in [0.5, 0.6) is 0 Å². The Labute approximate surface area is 86.5 Å². The molecule has 0 bridgehead atoms. The van der Waals surface area contributed by atoms with Gasteiger partial charge in [0.25, 0.3) is 0 Å². The van der Waals surface area contributed by atoms with Gasteiger partial charge in [0, 0.05) is 12.7 Å². The smallest absolute Gasteiger partial charge is 0.233 e. The molecule has 0 N–H and O–H groups in total. The molecule has 1 radical (unpaired) electrons. The molecule has 0 unspecified atom stereocenters. The fraction of sp³-hybridized carbons (Fsp3) is 0. The molecule has 0 atom stereocenters.